The largest absolute Gasteiger partial charge is 0.494 e. The maximum Gasteiger partial charge on any atom is 0.434 e. The molecule has 148 valence electrons. The van der Waals surface area contributed by atoms with Crippen molar-refractivity contribution >= 4 is 17.3 Å². The lowest BCUT2D eigenvalue weighted by Crippen LogP contribution is -2.39. The Morgan fingerprint density at radius 3 is 2.67 bits per heavy atom. The number of aliphatic imine (C=N–C) groups is 1. The van der Waals surface area contributed by atoms with Gasteiger partial charge in [-0.15, -0.1) is 11.3 Å². The number of guanidine groups is 1. The van der Waals surface area contributed by atoms with Crippen LogP contribution >= 0.6 is 11.3 Å². The Morgan fingerprint density at radius 2 is 2.11 bits per heavy atom. The Kier molecular flexibility index (Phi) is 7.00. The standard InChI is InChI=1S/C17H20F4N4OS/c1-22-16(23-7-6-15-24-14(10-27-15)17(19,20)21)25(2)9-11-4-5-13(26-3)12(18)8-11/h4-5,8,10H,6-7,9H2,1-3H3,(H,22,23). The van der Waals surface area contributed by atoms with Gasteiger partial charge in [0.1, 0.15) is 0 Å². The van der Waals surface area contributed by atoms with Crippen molar-refractivity contribution in [2.24, 2.45) is 4.99 Å². The van der Waals surface area contributed by atoms with Crippen molar-refractivity contribution in [3.8, 4) is 5.75 Å². The lowest BCUT2D eigenvalue weighted by Gasteiger charge is -2.22. The molecular formula is C17H20F4N4OS. The maximum absolute atomic E-state index is 13.8. The van der Waals surface area contributed by atoms with Crippen molar-refractivity contribution in [1.82, 2.24) is 15.2 Å². The van der Waals surface area contributed by atoms with E-state index >= 15 is 0 Å². The number of nitrogens with zero attached hydrogens (tertiary/aromatic N) is 3. The maximum atomic E-state index is 13.8. The molecule has 1 aromatic heterocycles. The first-order valence-electron chi connectivity index (χ1n) is 8.00. The summed E-state index contributed by atoms with van der Waals surface area (Å²) in [6.07, 6.45) is -4.09. The summed E-state index contributed by atoms with van der Waals surface area (Å²) < 4.78 is 56.4. The van der Waals surface area contributed by atoms with Crippen molar-refractivity contribution in [2.45, 2.75) is 19.1 Å². The van der Waals surface area contributed by atoms with Crippen LogP contribution in [0.15, 0.2) is 28.6 Å². The minimum atomic E-state index is -4.42. The first-order chi connectivity index (χ1) is 12.7. The Morgan fingerprint density at radius 1 is 1.37 bits per heavy atom. The summed E-state index contributed by atoms with van der Waals surface area (Å²) in [5, 5.41) is 4.47. The Balaban J connectivity index is 1.89. The number of ether oxygens (including phenoxy) is 1. The molecule has 1 N–H and O–H groups in total. The molecule has 0 amide bonds. The number of hydrogen-bond acceptors (Lipinski definition) is 4. The van der Waals surface area contributed by atoms with E-state index in [0.717, 1.165) is 22.3 Å². The van der Waals surface area contributed by atoms with Crippen molar-refractivity contribution < 1.29 is 22.3 Å². The number of halogens is 4. The zero-order valence-electron chi connectivity index (χ0n) is 15.1. The fraction of sp³-hybridized carbons (Fsp3) is 0.412. The summed E-state index contributed by atoms with van der Waals surface area (Å²) in [7, 11) is 4.78. The number of thiazole rings is 1. The van der Waals surface area contributed by atoms with Crippen LogP contribution in [0.4, 0.5) is 17.6 Å². The molecule has 0 bridgehead atoms. The minimum Gasteiger partial charge on any atom is -0.494 e. The first-order valence-corrected chi connectivity index (χ1v) is 8.88. The molecule has 0 unspecified atom stereocenters. The number of aromatic nitrogens is 1. The fourth-order valence-electron chi connectivity index (χ4n) is 2.38. The van der Waals surface area contributed by atoms with Gasteiger partial charge in [-0.05, 0) is 17.7 Å². The van der Waals surface area contributed by atoms with Crippen LogP contribution in [-0.2, 0) is 19.1 Å². The zero-order chi connectivity index (χ0) is 20.0. The predicted molar refractivity (Wildman–Crippen MR) is 96.6 cm³/mol. The topological polar surface area (TPSA) is 49.8 Å². The van der Waals surface area contributed by atoms with E-state index in [2.05, 4.69) is 15.3 Å². The molecule has 0 saturated heterocycles. The molecule has 0 spiro atoms. The SMILES string of the molecule is CN=C(NCCc1nc(C(F)(F)F)cs1)N(C)Cc1ccc(OC)c(F)c1. The highest BCUT2D eigenvalue weighted by Gasteiger charge is 2.33. The van der Waals surface area contributed by atoms with Gasteiger partial charge in [0, 0.05) is 39.0 Å². The number of benzene rings is 1. The second kappa shape index (κ2) is 9.03. The van der Waals surface area contributed by atoms with Gasteiger partial charge in [0.25, 0.3) is 0 Å². The summed E-state index contributed by atoms with van der Waals surface area (Å²) in [4.78, 5) is 9.50. The van der Waals surface area contributed by atoms with E-state index in [1.54, 1.807) is 31.1 Å². The number of alkyl halides is 3. The van der Waals surface area contributed by atoms with Crippen molar-refractivity contribution in [3.05, 3.63) is 45.7 Å². The van der Waals surface area contributed by atoms with Crippen LogP contribution in [0.25, 0.3) is 0 Å². The highest BCUT2D eigenvalue weighted by molar-refractivity contribution is 7.09. The predicted octanol–water partition coefficient (Wildman–Crippen LogP) is 3.56. The van der Waals surface area contributed by atoms with Gasteiger partial charge in [-0.3, -0.25) is 4.99 Å². The molecule has 0 aliphatic heterocycles. The number of methoxy groups -OCH3 is 1. The van der Waals surface area contributed by atoms with E-state index in [1.807, 2.05) is 0 Å². The molecule has 1 heterocycles. The number of nitrogens with one attached hydrogen (secondary N) is 1. The molecule has 10 heteroatoms. The molecule has 0 saturated carbocycles. The van der Waals surface area contributed by atoms with Gasteiger partial charge in [0.05, 0.1) is 12.1 Å². The van der Waals surface area contributed by atoms with Gasteiger partial charge in [-0.2, -0.15) is 13.2 Å². The molecule has 2 rings (SSSR count). The van der Waals surface area contributed by atoms with E-state index in [-0.39, 0.29) is 5.75 Å². The van der Waals surface area contributed by atoms with Crippen molar-refractivity contribution in [1.29, 1.82) is 0 Å². The summed E-state index contributed by atoms with van der Waals surface area (Å²) in [6, 6.07) is 4.69. The summed E-state index contributed by atoms with van der Waals surface area (Å²) in [6.45, 7) is 0.773. The molecule has 1 aromatic carbocycles. The second-order valence-corrected chi connectivity index (χ2v) is 6.62. The quantitative estimate of drug-likeness (QED) is 0.454. The summed E-state index contributed by atoms with van der Waals surface area (Å²) in [5.41, 5.74) is -0.140. The van der Waals surface area contributed by atoms with Gasteiger partial charge < -0.3 is 15.0 Å². The Bertz CT molecular complexity index is 791. The molecule has 27 heavy (non-hydrogen) atoms. The second-order valence-electron chi connectivity index (χ2n) is 5.67. The third-order valence-corrected chi connectivity index (χ3v) is 4.58. The van der Waals surface area contributed by atoms with Gasteiger partial charge in [0.2, 0.25) is 0 Å². The van der Waals surface area contributed by atoms with Crippen LogP contribution in [-0.4, -0.2) is 43.6 Å². The van der Waals surface area contributed by atoms with Crippen LogP contribution in [0, 0.1) is 5.82 Å². The summed E-state index contributed by atoms with van der Waals surface area (Å²) >= 11 is 0.974. The smallest absolute Gasteiger partial charge is 0.434 e. The molecular weight excluding hydrogens is 384 g/mol. The lowest BCUT2D eigenvalue weighted by molar-refractivity contribution is -0.140. The van der Waals surface area contributed by atoms with Crippen LogP contribution < -0.4 is 10.1 Å². The zero-order valence-corrected chi connectivity index (χ0v) is 15.9. The molecule has 0 aliphatic carbocycles. The molecule has 2 aromatic rings. The Hall–Kier alpha value is -2.36. The average Bonchev–Trinajstić information content (AvgIpc) is 3.08. The van der Waals surface area contributed by atoms with E-state index in [4.69, 9.17) is 4.74 Å². The third-order valence-electron chi connectivity index (χ3n) is 3.67. The Labute approximate surface area is 158 Å². The van der Waals surface area contributed by atoms with Crippen LogP contribution in [0.2, 0.25) is 0 Å². The summed E-state index contributed by atoms with van der Waals surface area (Å²) in [5.74, 6) is 0.264. The van der Waals surface area contributed by atoms with Gasteiger partial charge in [-0.1, -0.05) is 6.07 Å². The van der Waals surface area contributed by atoms with Gasteiger partial charge in [0.15, 0.2) is 23.2 Å². The molecule has 0 fully saturated rings. The van der Waals surface area contributed by atoms with Crippen LogP contribution in [0.3, 0.4) is 0 Å². The normalized spacial score (nSPS) is 12.2. The molecule has 5 nitrogen and oxygen atoms in total. The van der Waals surface area contributed by atoms with Crippen LogP contribution in [0.1, 0.15) is 16.3 Å². The molecule has 0 atom stereocenters. The lowest BCUT2D eigenvalue weighted by atomic mass is 10.2. The van der Waals surface area contributed by atoms with Gasteiger partial charge >= 0.3 is 6.18 Å². The minimum absolute atomic E-state index is 0.172. The van der Waals surface area contributed by atoms with E-state index in [9.17, 15) is 17.6 Å². The highest BCUT2D eigenvalue weighted by atomic mass is 32.1. The monoisotopic (exact) mass is 404 g/mol. The van der Waals surface area contributed by atoms with E-state index in [1.165, 1.54) is 13.2 Å². The molecule has 0 radical (unpaired) electrons. The highest BCUT2D eigenvalue weighted by Crippen LogP contribution is 2.30. The first kappa shape index (κ1) is 20.9. The van der Waals surface area contributed by atoms with Crippen LogP contribution in [0.5, 0.6) is 5.75 Å². The van der Waals surface area contributed by atoms with E-state index in [0.29, 0.717) is 30.5 Å². The van der Waals surface area contributed by atoms with Crippen molar-refractivity contribution in [2.75, 3.05) is 27.7 Å². The third kappa shape index (κ3) is 5.81. The number of rotatable bonds is 6. The van der Waals surface area contributed by atoms with Crippen molar-refractivity contribution in [3.63, 3.8) is 0 Å². The fourth-order valence-corrected chi connectivity index (χ4v) is 3.18. The average molecular weight is 404 g/mol. The van der Waals surface area contributed by atoms with Gasteiger partial charge in [-0.25, -0.2) is 9.37 Å². The number of hydrogen-bond donors (Lipinski definition) is 1. The molecule has 0 aliphatic rings. The van der Waals surface area contributed by atoms with E-state index < -0.39 is 17.7 Å².